The normalized spacial score (nSPS) is 16.8. The number of allylic oxidation sites excluding steroid dienone is 1. The number of nitrogens with zero attached hydrogens (tertiary/aromatic N) is 1. The van der Waals surface area contributed by atoms with Crippen molar-refractivity contribution in [2.45, 2.75) is 40.3 Å². The number of fused-ring (bicyclic) bond motifs is 2. The van der Waals surface area contributed by atoms with Gasteiger partial charge in [-0.25, -0.2) is 0 Å². The molecular weight excluding hydrogens is 408 g/mol. The molecule has 3 aromatic rings. The smallest absolute Gasteiger partial charge is 0.258 e. The van der Waals surface area contributed by atoms with E-state index in [9.17, 15) is 4.79 Å². The number of hydrogen-bond acceptors (Lipinski definition) is 4. The Labute approximate surface area is 195 Å². The highest BCUT2D eigenvalue weighted by Gasteiger charge is 2.26. The van der Waals surface area contributed by atoms with E-state index in [1.165, 1.54) is 27.8 Å². The summed E-state index contributed by atoms with van der Waals surface area (Å²) in [5.41, 5.74) is 17.6. The van der Waals surface area contributed by atoms with Crippen LogP contribution in [-0.4, -0.2) is 17.4 Å². The first-order valence-electron chi connectivity index (χ1n) is 11.5. The summed E-state index contributed by atoms with van der Waals surface area (Å²) < 4.78 is 0. The molecule has 2 heterocycles. The molecule has 0 aliphatic carbocycles. The number of hydrogen-bond donors (Lipinski definition) is 3. The Bertz CT molecular complexity index is 1270. The highest BCUT2D eigenvalue weighted by atomic mass is 16.2. The molecule has 4 N–H and O–H groups in total. The second-order valence-electron chi connectivity index (χ2n) is 9.25. The van der Waals surface area contributed by atoms with Crippen molar-refractivity contribution in [1.82, 2.24) is 4.90 Å². The molecule has 0 bridgehead atoms. The zero-order valence-corrected chi connectivity index (χ0v) is 19.5. The van der Waals surface area contributed by atoms with E-state index in [0.29, 0.717) is 11.3 Å². The quantitative estimate of drug-likeness (QED) is 0.385. The van der Waals surface area contributed by atoms with E-state index < -0.39 is 0 Å². The van der Waals surface area contributed by atoms with Crippen LogP contribution < -0.4 is 16.4 Å². The summed E-state index contributed by atoms with van der Waals surface area (Å²) in [6.45, 7) is 9.33. The van der Waals surface area contributed by atoms with E-state index in [0.717, 1.165) is 48.7 Å². The molecule has 5 rings (SSSR count). The maximum atomic E-state index is 12.5. The SMILES string of the molecule is C/C(Nc1ccc(CN2CCc3cc(C)c(C)cc3C2)cc1)=C1/C(=O)Nc2ccc(N)cc21. The van der Waals surface area contributed by atoms with Crippen LogP contribution in [0.15, 0.2) is 60.3 Å². The lowest BCUT2D eigenvalue weighted by atomic mass is 9.94. The van der Waals surface area contributed by atoms with Gasteiger partial charge in [0.2, 0.25) is 0 Å². The van der Waals surface area contributed by atoms with Crippen molar-refractivity contribution in [3.05, 3.63) is 93.7 Å². The van der Waals surface area contributed by atoms with Crippen molar-refractivity contribution < 1.29 is 4.79 Å². The molecule has 0 spiro atoms. The Hall–Kier alpha value is -3.57. The van der Waals surface area contributed by atoms with Crippen LogP contribution in [-0.2, 0) is 24.3 Å². The third-order valence-electron chi connectivity index (χ3n) is 6.76. The van der Waals surface area contributed by atoms with E-state index in [-0.39, 0.29) is 5.91 Å². The van der Waals surface area contributed by atoms with Crippen molar-refractivity contribution >= 4 is 28.5 Å². The summed E-state index contributed by atoms with van der Waals surface area (Å²) in [7, 11) is 0. The number of nitrogen functional groups attached to an aromatic ring is 1. The zero-order valence-electron chi connectivity index (χ0n) is 19.5. The fourth-order valence-electron chi connectivity index (χ4n) is 4.84. The Morgan fingerprint density at radius 3 is 2.52 bits per heavy atom. The number of nitrogens with two attached hydrogens (primary N) is 1. The highest BCUT2D eigenvalue weighted by Crippen LogP contribution is 2.35. The number of benzene rings is 3. The monoisotopic (exact) mass is 438 g/mol. The van der Waals surface area contributed by atoms with Gasteiger partial charge in [-0.2, -0.15) is 0 Å². The van der Waals surface area contributed by atoms with Crippen LogP contribution in [0, 0.1) is 13.8 Å². The second-order valence-corrected chi connectivity index (χ2v) is 9.25. The number of amides is 1. The molecule has 2 aliphatic rings. The Balaban J connectivity index is 1.28. The number of anilines is 3. The lowest BCUT2D eigenvalue weighted by molar-refractivity contribution is -0.110. The maximum absolute atomic E-state index is 12.5. The summed E-state index contributed by atoms with van der Waals surface area (Å²) in [6, 6.07) is 18.7. The predicted octanol–water partition coefficient (Wildman–Crippen LogP) is 5.24. The third-order valence-corrected chi connectivity index (χ3v) is 6.76. The molecule has 5 heteroatoms. The minimum Gasteiger partial charge on any atom is -0.399 e. The average Bonchev–Trinajstić information content (AvgIpc) is 3.11. The number of rotatable bonds is 4. The van der Waals surface area contributed by atoms with Gasteiger partial charge in [0.25, 0.3) is 5.91 Å². The first kappa shape index (κ1) is 21.3. The lowest BCUT2D eigenvalue weighted by Gasteiger charge is -2.29. The molecule has 0 fully saturated rings. The zero-order chi connectivity index (χ0) is 23.1. The highest BCUT2D eigenvalue weighted by molar-refractivity contribution is 6.32. The minimum atomic E-state index is -0.104. The van der Waals surface area contributed by atoms with E-state index >= 15 is 0 Å². The third kappa shape index (κ3) is 4.24. The lowest BCUT2D eigenvalue weighted by Crippen LogP contribution is -2.30. The summed E-state index contributed by atoms with van der Waals surface area (Å²) in [5, 5.41) is 6.31. The number of carbonyl (C=O) groups excluding carboxylic acids is 1. The fraction of sp³-hybridized carbons (Fsp3) is 0.250. The standard InChI is InChI=1S/C28H30N4O/c1-17-12-21-10-11-32(16-22(21)13-18(17)2)15-20-4-7-24(8-5-20)30-19(3)27-25-14-23(29)6-9-26(25)31-28(27)33/h4-9,12-14,30H,10-11,15-16,29H2,1-3H3,(H,31,33)/b27-19-. The number of aryl methyl sites for hydroxylation is 2. The Morgan fingerprint density at radius 2 is 1.76 bits per heavy atom. The minimum absolute atomic E-state index is 0.104. The first-order chi connectivity index (χ1) is 15.9. The molecule has 5 nitrogen and oxygen atoms in total. The van der Waals surface area contributed by atoms with E-state index in [1.54, 1.807) is 6.07 Å². The van der Waals surface area contributed by atoms with E-state index in [2.05, 4.69) is 65.8 Å². The topological polar surface area (TPSA) is 70.4 Å². The van der Waals surface area contributed by atoms with Gasteiger partial charge >= 0.3 is 0 Å². The summed E-state index contributed by atoms with van der Waals surface area (Å²) >= 11 is 0. The molecule has 33 heavy (non-hydrogen) atoms. The van der Waals surface area contributed by atoms with Gasteiger partial charge in [0.15, 0.2) is 0 Å². The molecule has 0 radical (unpaired) electrons. The molecular formula is C28H30N4O. The summed E-state index contributed by atoms with van der Waals surface area (Å²) in [4.78, 5) is 15.0. The van der Waals surface area contributed by atoms with Gasteiger partial charge in [-0.15, -0.1) is 0 Å². The van der Waals surface area contributed by atoms with Crippen LogP contribution in [0.1, 0.15) is 40.3 Å². The summed E-state index contributed by atoms with van der Waals surface area (Å²) in [6.07, 6.45) is 1.11. The van der Waals surface area contributed by atoms with Gasteiger partial charge in [0, 0.05) is 48.0 Å². The van der Waals surface area contributed by atoms with Gasteiger partial charge < -0.3 is 16.4 Å². The van der Waals surface area contributed by atoms with Gasteiger partial charge in [-0.05, 0) is 85.3 Å². The predicted molar refractivity (Wildman–Crippen MR) is 136 cm³/mol. The number of nitrogens with one attached hydrogen (secondary N) is 2. The molecule has 0 saturated heterocycles. The summed E-state index contributed by atoms with van der Waals surface area (Å²) in [5.74, 6) is -0.104. The van der Waals surface area contributed by atoms with Crippen molar-refractivity contribution in [3.63, 3.8) is 0 Å². The van der Waals surface area contributed by atoms with Crippen molar-refractivity contribution in [3.8, 4) is 0 Å². The maximum Gasteiger partial charge on any atom is 0.258 e. The largest absolute Gasteiger partial charge is 0.399 e. The molecule has 3 aromatic carbocycles. The fourth-order valence-corrected chi connectivity index (χ4v) is 4.84. The van der Waals surface area contributed by atoms with Crippen LogP contribution in [0.5, 0.6) is 0 Å². The molecule has 0 atom stereocenters. The van der Waals surface area contributed by atoms with Crippen LogP contribution >= 0.6 is 0 Å². The first-order valence-corrected chi connectivity index (χ1v) is 11.5. The van der Waals surface area contributed by atoms with E-state index in [1.807, 2.05) is 19.1 Å². The molecule has 1 amide bonds. The Kier molecular flexibility index (Phi) is 5.43. The molecule has 0 saturated carbocycles. The van der Waals surface area contributed by atoms with Gasteiger partial charge in [-0.3, -0.25) is 9.69 Å². The molecule has 0 aromatic heterocycles. The molecule has 2 aliphatic heterocycles. The molecule has 168 valence electrons. The van der Waals surface area contributed by atoms with Crippen molar-refractivity contribution in [2.24, 2.45) is 0 Å². The average molecular weight is 439 g/mol. The number of carbonyl (C=O) groups is 1. The van der Waals surface area contributed by atoms with Crippen molar-refractivity contribution in [2.75, 3.05) is 22.9 Å². The van der Waals surface area contributed by atoms with Crippen LogP contribution in [0.3, 0.4) is 0 Å². The van der Waals surface area contributed by atoms with Gasteiger partial charge in [0.1, 0.15) is 0 Å². The van der Waals surface area contributed by atoms with Gasteiger partial charge in [-0.1, -0.05) is 24.3 Å². The van der Waals surface area contributed by atoms with Crippen molar-refractivity contribution in [1.29, 1.82) is 0 Å². The van der Waals surface area contributed by atoms with Crippen LogP contribution in [0.4, 0.5) is 17.1 Å². The molecule has 0 unspecified atom stereocenters. The van der Waals surface area contributed by atoms with Gasteiger partial charge in [0.05, 0.1) is 5.57 Å². The second kappa shape index (κ2) is 8.41. The Morgan fingerprint density at radius 1 is 1.03 bits per heavy atom. The van der Waals surface area contributed by atoms with Crippen LogP contribution in [0.2, 0.25) is 0 Å². The van der Waals surface area contributed by atoms with Crippen LogP contribution in [0.25, 0.3) is 5.57 Å². The van der Waals surface area contributed by atoms with E-state index in [4.69, 9.17) is 5.73 Å².